The number of carboxylic acid groups (broad SMARTS) is 1. The van der Waals surface area contributed by atoms with Gasteiger partial charge < -0.3 is 9.84 Å². The van der Waals surface area contributed by atoms with E-state index >= 15 is 0 Å². The molecular weight excluding hydrogens is 422 g/mol. The molecule has 9 heteroatoms. The maximum absolute atomic E-state index is 12.1. The zero-order valence-electron chi connectivity index (χ0n) is 7.89. The van der Waals surface area contributed by atoms with Crippen molar-refractivity contribution in [3.8, 4) is 5.75 Å². The Kier molecular flexibility index (Phi) is 4.58. The number of halogens is 5. The van der Waals surface area contributed by atoms with Gasteiger partial charge in [0.15, 0.2) is 11.4 Å². The molecule has 1 aromatic rings. The first-order valence-electron chi connectivity index (χ1n) is 3.99. The smallest absolute Gasteiger partial charge is 0.476 e. The Morgan fingerprint density at radius 1 is 1.59 bits per heavy atom. The molecule has 0 bridgehead atoms. The van der Waals surface area contributed by atoms with E-state index < -0.39 is 23.8 Å². The van der Waals surface area contributed by atoms with Crippen LogP contribution in [0.3, 0.4) is 0 Å². The van der Waals surface area contributed by atoms with Crippen LogP contribution >= 0.6 is 38.5 Å². The molecule has 0 aliphatic rings. The van der Waals surface area contributed by atoms with Crippen LogP contribution in [0.1, 0.15) is 16.1 Å². The molecule has 1 rings (SSSR count). The van der Waals surface area contributed by atoms with Crippen molar-refractivity contribution in [3.63, 3.8) is 0 Å². The van der Waals surface area contributed by atoms with Gasteiger partial charge in [-0.3, -0.25) is 0 Å². The zero-order chi connectivity index (χ0) is 13.2. The Balaban J connectivity index is 3.29. The fraction of sp³-hybridized carbons (Fsp3) is 0.250. The summed E-state index contributed by atoms with van der Waals surface area (Å²) in [5.41, 5.74) is -0.355. The minimum absolute atomic E-state index is 0.242. The molecule has 0 spiro atoms. The normalized spacial score (nSPS) is 11.4. The molecule has 1 heterocycles. The lowest BCUT2D eigenvalue weighted by Gasteiger charge is -2.12. The van der Waals surface area contributed by atoms with Crippen molar-refractivity contribution in [2.24, 2.45) is 0 Å². The maximum atomic E-state index is 12.1. The van der Waals surface area contributed by atoms with E-state index in [4.69, 9.17) is 5.11 Å². The Morgan fingerprint density at radius 3 is 2.59 bits per heavy atom. The molecule has 0 fully saturated rings. The van der Waals surface area contributed by atoms with Gasteiger partial charge in [0, 0.05) is 5.33 Å². The number of hydrogen-bond donors (Lipinski definition) is 1. The largest absolute Gasteiger partial charge is 0.573 e. The summed E-state index contributed by atoms with van der Waals surface area (Å²) in [6.07, 6.45) is -4.96. The number of hydrogen-bond acceptors (Lipinski definition) is 3. The topological polar surface area (TPSA) is 59.4 Å². The van der Waals surface area contributed by atoms with Crippen LogP contribution in [-0.4, -0.2) is 22.4 Å². The van der Waals surface area contributed by atoms with Crippen molar-refractivity contribution < 1.29 is 27.8 Å². The minimum atomic E-state index is -4.96. The molecule has 0 unspecified atom stereocenters. The number of ether oxygens (including phenoxy) is 1. The van der Waals surface area contributed by atoms with E-state index in [1.54, 1.807) is 22.6 Å². The second-order valence-corrected chi connectivity index (χ2v) is 4.35. The highest BCUT2D eigenvalue weighted by atomic mass is 127. The Bertz CT molecular complexity index is 452. The van der Waals surface area contributed by atoms with Crippen molar-refractivity contribution in [1.82, 2.24) is 4.98 Å². The van der Waals surface area contributed by atoms with Gasteiger partial charge >= 0.3 is 12.3 Å². The molecule has 0 aromatic carbocycles. The van der Waals surface area contributed by atoms with Crippen molar-refractivity contribution in [2.75, 3.05) is 0 Å². The summed E-state index contributed by atoms with van der Waals surface area (Å²) in [4.78, 5) is 14.3. The van der Waals surface area contributed by atoms with E-state index in [1.807, 2.05) is 0 Å². The van der Waals surface area contributed by atoms with Gasteiger partial charge in [0.1, 0.15) is 3.70 Å². The van der Waals surface area contributed by atoms with Crippen LogP contribution in [-0.2, 0) is 5.33 Å². The lowest BCUT2D eigenvalue weighted by Crippen LogP contribution is -2.20. The summed E-state index contributed by atoms with van der Waals surface area (Å²) >= 11 is 4.79. The Hall–Kier alpha value is -0.580. The highest BCUT2D eigenvalue weighted by Crippen LogP contribution is 2.29. The van der Waals surface area contributed by atoms with Crippen molar-refractivity contribution in [1.29, 1.82) is 0 Å². The Morgan fingerprint density at radius 2 is 2.18 bits per heavy atom. The van der Waals surface area contributed by atoms with E-state index in [1.165, 1.54) is 0 Å². The predicted octanol–water partition coefficient (Wildman–Crippen LogP) is 3.18. The van der Waals surface area contributed by atoms with Crippen molar-refractivity contribution >= 4 is 44.5 Å². The number of carboxylic acids is 1. The second kappa shape index (κ2) is 5.38. The molecule has 0 aliphatic carbocycles. The first kappa shape index (κ1) is 14.5. The predicted molar refractivity (Wildman–Crippen MR) is 63.2 cm³/mol. The number of nitrogens with zero attached hydrogens (tertiary/aromatic N) is 1. The van der Waals surface area contributed by atoms with Crippen molar-refractivity contribution in [3.05, 3.63) is 21.0 Å². The van der Waals surface area contributed by atoms with Gasteiger partial charge in [0.25, 0.3) is 0 Å². The summed E-state index contributed by atoms with van der Waals surface area (Å²) in [6.45, 7) is 0. The number of pyridine rings is 1. The fourth-order valence-corrected chi connectivity index (χ4v) is 2.50. The molecule has 0 atom stereocenters. The molecule has 0 saturated carbocycles. The van der Waals surface area contributed by atoms with Crippen LogP contribution < -0.4 is 4.74 Å². The van der Waals surface area contributed by atoms with Gasteiger partial charge in [-0.2, -0.15) is 0 Å². The molecular formula is C8H4BrF3INO3. The van der Waals surface area contributed by atoms with Crippen LogP contribution in [0.5, 0.6) is 5.75 Å². The maximum Gasteiger partial charge on any atom is 0.573 e. The molecule has 0 amide bonds. The van der Waals surface area contributed by atoms with E-state index in [0.717, 1.165) is 6.07 Å². The van der Waals surface area contributed by atoms with Crippen LogP contribution in [0.25, 0.3) is 0 Å². The average Bonchev–Trinajstić information content (AvgIpc) is 2.17. The lowest BCUT2D eigenvalue weighted by molar-refractivity contribution is -0.274. The SMILES string of the molecule is O=C(O)c1nc(I)c(CBr)cc1OC(F)(F)F. The number of aromatic carboxylic acids is 1. The third-order valence-electron chi connectivity index (χ3n) is 1.59. The molecule has 0 radical (unpaired) electrons. The molecule has 94 valence electrons. The zero-order valence-corrected chi connectivity index (χ0v) is 11.6. The van der Waals surface area contributed by atoms with Gasteiger partial charge in [-0.05, 0) is 34.2 Å². The van der Waals surface area contributed by atoms with Crippen LogP contribution in [0.2, 0.25) is 0 Å². The summed E-state index contributed by atoms with van der Waals surface area (Å²) in [5, 5.41) is 8.97. The molecule has 0 aliphatic heterocycles. The standard InChI is InChI=1S/C8H4BrF3INO3/c9-2-3-1-4(17-8(10,11)12)5(7(15)16)14-6(3)13/h1H,2H2,(H,15,16). The van der Waals surface area contributed by atoms with E-state index in [-0.39, 0.29) is 5.33 Å². The molecule has 0 saturated heterocycles. The van der Waals surface area contributed by atoms with E-state index in [2.05, 4.69) is 25.7 Å². The lowest BCUT2D eigenvalue weighted by atomic mass is 10.2. The van der Waals surface area contributed by atoms with Gasteiger partial charge in [0.05, 0.1) is 0 Å². The summed E-state index contributed by atoms with van der Waals surface area (Å²) in [6, 6.07) is 1.00. The van der Waals surface area contributed by atoms with Gasteiger partial charge in [-0.15, -0.1) is 13.2 Å². The summed E-state index contributed by atoms with van der Waals surface area (Å²) < 4.78 is 40.1. The third-order valence-corrected chi connectivity index (χ3v) is 3.12. The quantitative estimate of drug-likeness (QED) is 0.459. The van der Waals surface area contributed by atoms with E-state index in [0.29, 0.717) is 9.26 Å². The van der Waals surface area contributed by atoms with Crippen molar-refractivity contribution in [2.45, 2.75) is 11.7 Å². The fourth-order valence-electron chi connectivity index (χ4n) is 0.961. The number of rotatable bonds is 3. The molecule has 1 aromatic heterocycles. The van der Waals surface area contributed by atoms with Gasteiger partial charge in [-0.1, -0.05) is 15.9 Å². The minimum Gasteiger partial charge on any atom is -0.476 e. The molecule has 1 N–H and O–H groups in total. The first-order chi connectivity index (χ1) is 7.74. The summed E-state index contributed by atoms with van der Waals surface area (Å²) in [7, 11) is 0. The van der Waals surface area contributed by atoms with Crippen LogP contribution in [0.4, 0.5) is 13.2 Å². The van der Waals surface area contributed by atoms with Crippen LogP contribution in [0, 0.1) is 3.70 Å². The molecule has 4 nitrogen and oxygen atoms in total. The number of aromatic nitrogens is 1. The van der Waals surface area contributed by atoms with Gasteiger partial charge in [-0.25, -0.2) is 9.78 Å². The highest BCUT2D eigenvalue weighted by molar-refractivity contribution is 14.1. The third kappa shape index (κ3) is 3.98. The van der Waals surface area contributed by atoms with E-state index in [9.17, 15) is 18.0 Å². The second-order valence-electron chi connectivity index (χ2n) is 2.77. The first-order valence-corrected chi connectivity index (χ1v) is 6.19. The average molecular weight is 426 g/mol. The molecule has 17 heavy (non-hydrogen) atoms. The highest BCUT2D eigenvalue weighted by Gasteiger charge is 2.34. The summed E-state index contributed by atoms with van der Waals surface area (Å²) in [5.74, 6) is -2.40. The van der Waals surface area contributed by atoms with Gasteiger partial charge in [0.2, 0.25) is 0 Å². The van der Waals surface area contributed by atoms with Crippen LogP contribution in [0.15, 0.2) is 6.07 Å². The monoisotopic (exact) mass is 425 g/mol. The number of carbonyl (C=O) groups is 1. The number of alkyl halides is 4. The Labute approximate surface area is 115 Å².